The van der Waals surface area contributed by atoms with E-state index in [0.717, 1.165) is 16.9 Å². The van der Waals surface area contributed by atoms with Gasteiger partial charge in [0.05, 0.1) is 11.5 Å². The van der Waals surface area contributed by atoms with E-state index in [0.29, 0.717) is 19.5 Å². The molecule has 0 saturated carbocycles. The maximum atomic E-state index is 12.0. The number of aliphatic hydroxyl groups excluding tert-OH is 1. The molecule has 5 nitrogen and oxygen atoms in total. The smallest absolute Gasteiger partial charge is 0.151 e. The summed E-state index contributed by atoms with van der Waals surface area (Å²) in [5.74, 6) is 1.14. The van der Waals surface area contributed by atoms with Crippen LogP contribution in [0.3, 0.4) is 0 Å². The molecule has 1 aliphatic rings. The monoisotopic (exact) mass is 403 g/mol. The van der Waals surface area contributed by atoms with Gasteiger partial charge < -0.3 is 9.84 Å². The van der Waals surface area contributed by atoms with Gasteiger partial charge in [-0.25, -0.2) is 8.42 Å². The molecule has 0 spiro atoms. The quantitative estimate of drug-likeness (QED) is 0.734. The minimum absolute atomic E-state index is 0.0700. The Bertz CT molecular complexity index is 880. The summed E-state index contributed by atoms with van der Waals surface area (Å²) in [5, 5.41) is 10.6. The largest absolute Gasteiger partial charge is 0.491 e. The number of para-hydroxylation sites is 1. The molecule has 28 heavy (non-hydrogen) atoms. The lowest BCUT2D eigenvalue weighted by atomic mass is 10.1. The molecule has 1 aliphatic heterocycles. The lowest BCUT2D eigenvalue weighted by Crippen LogP contribution is -2.42. The maximum absolute atomic E-state index is 12.0. The first-order chi connectivity index (χ1) is 13.3. The van der Waals surface area contributed by atoms with Gasteiger partial charge in [0.25, 0.3) is 0 Å². The number of benzene rings is 2. The third kappa shape index (κ3) is 5.80. The van der Waals surface area contributed by atoms with Crippen LogP contribution >= 0.6 is 0 Å². The molecule has 3 rings (SSSR count). The zero-order valence-corrected chi connectivity index (χ0v) is 17.4. The van der Waals surface area contributed by atoms with Crippen LogP contribution in [0.1, 0.15) is 23.1 Å². The van der Waals surface area contributed by atoms with Crippen molar-refractivity contribution in [1.29, 1.82) is 0 Å². The van der Waals surface area contributed by atoms with E-state index in [4.69, 9.17) is 4.74 Å². The second-order valence-electron chi connectivity index (χ2n) is 7.70. The van der Waals surface area contributed by atoms with Crippen LogP contribution in [0.15, 0.2) is 48.5 Å². The average molecular weight is 404 g/mol. The van der Waals surface area contributed by atoms with Crippen molar-refractivity contribution in [2.24, 2.45) is 0 Å². The minimum atomic E-state index is -2.99. The van der Waals surface area contributed by atoms with Gasteiger partial charge in [-0.15, -0.1) is 0 Å². The van der Waals surface area contributed by atoms with Crippen molar-refractivity contribution in [2.45, 2.75) is 39.0 Å². The zero-order valence-electron chi connectivity index (χ0n) is 16.5. The van der Waals surface area contributed by atoms with Gasteiger partial charge in [-0.05, 0) is 37.5 Å². The van der Waals surface area contributed by atoms with Crippen LogP contribution in [0.2, 0.25) is 0 Å². The molecule has 2 unspecified atom stereocenters. The highest BCUT2D eigenvalue weighted by Crippen LogP contribution is 2.21. The van der Waals surface area contributed by atoms with Crippen LogP contribution in [-0.2, 0) is 16.4 Å². The summed E-state index contributed by atoms with van der Waals surface area (Å²) in [6, 6.07) is 15.9. The fourth-order valence-corrected chi connectivity index (χ4v) is 5.32. The van der Waals surface area contributed by atoms with Crippen molar-refractivity contribution in [3.8, 4) is 5.75 Å². The molecule has 2 aromatic rings. The van der Waals surface area contributed by atoms with Crippen LogP contribution in [0.5, 0.6) is 5.75 Å². The van der Waals surface area contributed by atoms with Crippen molar-refractivity contribution in [1.82, 2.24) is 4.90 Å². The fourth-order valence-electron chi connectivity index (χ4n) is 3.56. The Balaban J connectivity index is 1.65. The molecule has 1 heterocycles. The topological polar surface area (TPSA) is 66.8 Å². The first-order valence-corrected chi connectivity index (χ1v) is 11.5. The molecular formula is C22H29NO4S. The Kier molecular flexibility index (Phi) is 6.75. The van der Waals surface area contributed by atoms with Gasteiger partial charge in [0.15, 0.2) is 9.84 Å². The lowest BCUT2D eigenvalue weighted by Gasteiger charge is -2.30. The number of ether oxygens (including phenoxy) is 1. The number of hydrogen-bond donors (Lipinski definition) is 1. The summed E-state index contributed by atoms with van der Waals surface area (Å²) in [7, 11) is -2.99. The highest BCUT2D eigenvalue weighted by molar-refractivity contribution is 7.91. The molecule has 0 amide bonds. The molecule has 6 heteroatoms. The van der Waals surface area contributed by atoms with E-state index in [9.17, 15) is 13.5 Å². The van der Waals surface area contributed by atoms with Crippen LogP contribution in [0, 0.1) is 13.8 Å². The Morgan fingerprint density at radius 1 is 1.14 bits per heavy atom. The minimum Gasteiger partial charge on any atom is -0.491 e. The van der Waals surface area contributed by atoms with E-state index in [2.05, 4.69) is 29.2 Å². The third-order valence-corrected chi connectivity index (χ3v) is 6.95. The fraction of sp³-hybridized carbons (Fsp3) is 0.455. The van der Waals surface area contributed by atoms with Crippen molar-refractivity contribution in [3.63, 3.8) is 0 Å². The van der Waals surface area contributed by atoms with Crippen LogP contribution in [-0.4, -0.2) is 55.2 Å². The highest BCUT2D eigenvalue weighted by Gasteiger charge is 2.33. The van der Waals surface area contributed by atoms with Gasteiger partial charge >= 0.3 is 0 Å². The Morgan fingerprint density at radius 2 is 1.86 bits per heavy atom. The van der Waals surface area contributed by atoms with Crippen molar-refractivity contribution in [2.75, 3.05) is 24.7 Å². The van der Waals surface area contributed by atoms with Gasteiger partial charge in [-0.3, -0.25) is 4.90 Å². The van der Waals surface area contributed by atoms with E-state index < -0.39 is 15.9 Å². The van der Waals surface area contributed by atoms with Gasteiger partial charge in [0, 0.05) is 19.1 Å². The van der Waals surface area contributed by atoms with Crippen LogP contribution in [0.4, 0.5) is 0 Å². The number of aliphatic hydroxyl groups is 1. The molecule has 1 N–H and O–H groups in total. The number of aryl methyl sites for hydroxylation is 2. The Labute approximate surface area is 167 Å². The predicted molar refractivity (Wildman–Crippen MR) is 111 cm³/mol. The molecule has 0 aromatic heterocycles. The van der Waals surface area contributed by atoms with E-state index in [1.54, 1.807) is 0 Å². The summed E-state index contributed by atoms with van der Waals surface area (Å²) in [4.78, 5) is 2.08. The van der Waals surface area contributed by atoms with Gasteiger partial charge in [-0.2, -0.15) is 0 Å². The summed E-state index contributed by atoms with van der Waals surface area (Å²) >= 11 is 0. The van der Waals surface area contributed by atoms with E-state index >= 15 is 0 Å². The molecule has 0 aliphatic carbocycles. The predicted octanol–water partition coefficient (Wildman–Crippen LogP) is 2.73. The van der Waals surface area contributed by atoms with Gasteiger partial charge in [0.2, 0.25) is 0 Å². The third-order valence-electron chi connectivity index (χ3n) is 5.20. The Hall–Kier alpha value is -1.89. The Morgan fingerprint density at radius 3 is 2.50 bits per heavy atom. The number of rotatable bonds is 8. The molecule has 2 aromatic carbocycles. The molecule has 152 valence electrons. The van der Waals surface area contributed by atoms with Crippen molar-refractivity contribution in [3.05, 3.63) is 65.2 Å². The molecule has 1 saturated heterocycles. The summed E-state index contributed by atoms with van der Waals surface area (Å²) in [5.41, 5.74) is 3.32. The van der Waals surface area contributed by atoms with Crippen molar-refractivity contribution >= 4 is 9.84 Å². The standard InChI is InChI=1S/C22H29NO4S/c1-17-7-9-19(10-8-17)13-23(20-11-12-28(25,26)16-20)14-21(24)15-27-22-6-4-3-5-18(22)2/h3-10,20-21,24H,11-16H2,1-2H3. The van der Waals surface area contributed by atoms with E-state index in [1.165, 1.54) is 5.56 Å². The molecule has 1 fully saturated rings. The number of nitrogens with zero attached hydrogens (tertiary/aromatic N) is 1. The SMILES string of the molecule is Cc1ccc(CN(CC(O)COc2ccccc2C)C2CCS(=O)(=O)C2)cc1. The van der Waals surface area contributed by atoms with Crippen LogP contribution in [0.25, 0.3) is 0 Å². The average Bonchev–Trinajstić information content (AvgIpc) is 3.02. The summed E-state index contributed by atoms with van der Waals surface area (Å²) in [6.07, 6.45) is -0.0899. The number of sulfone groups is 1. The van der Waals surface area contributed by atoms with Gasteiger partial charge in [0.1, 0.15) is 18.5 Å². The number of hydrogen-bond acceptors (Lipinski definition) is 5. The van der Waals surface area contributed by atoms with Crippen LogP contribution < -0.4 is 4.74 Å². The highest BCUT2D eigenvalue weighted by atomic mass is 32.2. The first-order valence-electron chi connectivity index (χ1n) is 9.69. The molecular weight excluding hydrogens is 374 g/mol. The lowest BCUT2D eigenvalue weighted by molar-refractivity contribution is 0.0523. The zero-order chi connectivity index (χ0) is 20.1. The van der Waals surface area contributed by atoms with Crippen molar-refractivity contribution < 1.29 is 18.3 Å². The molecule has 0 bridgehead atoms. The second kappa shape index (κ2) is 9.07. The molecule has 2 atom stereocenters. The second-order valence-corrected chi connectivity index (χ2v) is 9.93. The van der Waals surface area contributed by atoms with E-state index in [-0.39, 0.29) is 24.2 Å². The summed E-state index contributed by atoms with van der Waals surface area (Å²) in [6.45, 7) is 5.17. The maximum Gasteiger partial charge on any atom is 0.151 e. The first kappa shape index (κ1) is 20.8. The van der Waals surface area contributed by atoms with E-state index in [1.807, 2.05) is 38.1 Å². The normalized spacial score (nSPS) is 19.6. The summed E-state index contributed by atoms with van der Waals surface area (Å²) < 4.78 is 29.7. The van der Waals surface area contributed by atoms with Gasteiger partial charge in [-0.1, -0.05) is 48.0 Å². The molecule has 0 radical (unpaired) electrons.